The zero-order valence-electron chi connectivity index (χ0n) is 29.5. The molecule has 6 aromatic rings. The smallest absolute Gasteiger partial charge is 0.264 e. The van der Waals surface area contributed by atoms with Crippen molar-refractivity contribution in [1.82, 2.24) is 23.9 Å². The van der Waals surface area contributed by atoms with Crippen LogP contribution < -0.4 is 4.90 Å². The Balaban J connectivity index is 1.35. The summed E-state index contributed by atoms with van der Waals surface area (Å²) in [5, 5.41) is 11.5. The molecular formula is C41H41ClN6O3. The third-order valence-electron chi connectivity index (χ3n) is 9.88. The van der Waals surface area contributed by atoms with Crippen LogP contribution >= 0.6 is 11.6 Å². The molecule has 3 aromatic heterocycles. The molecule has 0 fully saturated rings. The summed E-state index contributed by atoms with van der Waals surface area (Å²) in [5.41, 5.74) is 7.54. The van der Waals surface area contributed by atoms with Crippen molar-refractivity contribution in [3.05, 3.63) is 130 Å². The molecule has 10 heteroatoms. The van der Waals surface area contributed by atoms with Crippen LogP contribution in [0.3, 0.4) is 0 Å². The van der Waals surface area contributed by atoms with Crippen molar-refractivity contribution in [3.63, 3.8) is 0 Å². The summed E-state index contributed by atoms with van der Waals surface area (Å²) in [6, 6.07) is 26.0. The lowest BCUT2D eigenvalue weighted by Crippen LogP contribution is -2.42. The largest absolute Gasteiger partial charge is 0.508 e. The van der Waals surface area contributed by atoms with Gasteiger partial charge in [0.1, 0.15) is 11.4 Å². The fraction of sp³-hybridized carbons (Fsp3) is 0.244. The third kappa shape index (κ3) is 6.51. The highest BCUT2D eigenvalue weighted by atomic mass is 35.5. The average molecular weight is 701 g/mol. The number of halogens is 1. The predicted octanol–water partition coefficient (Wildman–Crippen LogP) is 7.84. The minimum absolute atomic E-state index is 0.00441. The van der Waals surface area contributed by atoms with Gasteiger partial charge in [-0.25, -0.2) is 4.98 Å². The lowest BCUT2D eigenvalue weighted by atomic mass is 9.93. The second kappa shape index (κ2) is 13.7. The normalized spacial score (nSPS) is 14.3. The van der Waals surface area contributed by atoms with E-state index in [4.69, 9.17) is 11.6 Å². The lowest BCUT2D eigenvalue weighted by molar-refractivity contribution is 0.0659. The number of nitrogens with zero attached hydrogens (tertiary/aromatic N) is 6. The fourth-order valence-electron chi connectivity index (χ4n) is 7.06. The maximum Gasteiger partial charge on any atom is 0.264 e. The van der Waals surface area contributed by atoms with Crippen molar-refractivity contribution < 1.29 is 14.7 Å². The lowest BCUT2D eigenvalue weighted by Gasteiger charge is -2.35. The van der Waals surface area contributed by atoms with Gasteiger partial charge in [-0.1, -0.05) is 35.9 Å². The number of anilines is 2. The number of aromatic hydroxyl groups is 1. The molecule has 9 nitrogen and oxygen atoms in total. The van der Waals surface area contributed by atoms with E-state index in [9.17, 15) is 14.7 Å². The quantitative estimate of drug-likeness (QED) is 0.175. The molecule has 2 amide bonds. The van der Waals surface area contributed by atoms with Gasteiger partial charge in [-0.2, -0.15) is 0 Å². The number of fused-ring (bicyclic) bond motifs is 2. The second-order valence-corrected chi connectivity index (χ2v) is 14.1. The van der Waals surface area contributed by atoms with Crippen LogP contribution in [-0.2, 0) is 26.6 Å². The molecule has 0 saturated heterocycles. The molecule has 260 valence electrons. The van der Waals surface area contributed by atoms with E-state index in [0.29, 0.717) is 52.7 Å². The van der Waals surface area contributed by atoms with E-state index in [1.807, 2.05) is 80.1 Å². The summed E-state index contributed by atoms with van der Waals surface area (Å²) < 4.78 is 4.04. The Bertz CT molecular complexity index is 2270. The Morgan fingerprint density at radius 1 is 0.941 bits per heavy atom. The van der Waals surface area contributed by atoms with Crippen molar-refractivity contribution in [2.24, 2.45) is 7.05 Å². The number of aryl methyl sites for hydroxylation is 1. The van der Waals surface area contributed by atoms with Crippen LogP contribution in [-0.4, -0.2) is 67.5 Å². The van der Waals surface area contributed by atoms with Gasteiger partial charge in [0.15, 0.2) is 0 Å². The molecule has 0 aliphatic carbocycles. The molecule has 0 unspecified atom stereocenters. The van der Waals surface area contributed by atoms with Gasteiger partial charge in [0.2, 0.25) is 0 Å². The summed E-state index contributed by atoms with van der Waals surface area (Å²) in [5.74, 6) is -0.250. The number of hydrogen-bond acceptors (Lipinski definition) is 5. The van der Waals surface area contributed by atoms with E-state index >= 15 is 0 Å². The van der Waals surface area contributed by atoms with Crippen LogP contribution in [0.2, 0.25) is 5.02 Å². The number of amides is 2. The number of carbonyl (C=O) groups is 2. The maximum atomic E-state index is 14.9. The number of aromatic nitrogens is 3. The Labute approximate surface area is 302 Å². The summed E-state index contributed by atoms with van der Waals surface area (Å²) >= 11 is 6.67. The molecule has 3 aromatic carbocycles. The number of hydrogen-bond donors (Lipinski definition) is 1. The molecule has 0 spiro atoms. The number of phenols is 1. The third-order valence-corrected chi connectivity index (χ3v) is 10.1. The van der Waals surface area contributed by atoms with E-state index in [1.165, 1.54) is 5.56 Å². The number of benzene rings is 3. The van der Waals surface area contributed by atoms with Crippen molar-refractivity contribution in [2.45, 2.75) is 39.4 Å². The molecule has 1 aliphatic rings. The van der Waals surface area contributed by atoms with Gasteiger partial charge in [-0.05, 0) is 106 Å². The first-order chi connectivity index (χ1) is 24.5. The Hall–Kier alpha value is -5.38. The molecule has 7 rings (SSSR count). The first-order valence-electron chi connectivity index (χ1n) is 17.1. The summed E-state index contributed by atoms with van der Waals surface area (Å²) in [6.45, 7) is 5.82. The average Bonchev–Trinajstić information content (AvgIpc) is 3.65. The number of rotatable bonds is 8. The van der Waals surface area contributed by atoms with Crippen LogP contribution in [0.4, 0.5) is 11.4 Å². The van der Waals surface area contributed by atoms with Gasteiger partial charge in [0, 0.05) is 77.5 Å². The summed E-state index contributed by atoms with van der Waals surface area (Å²) in [7, 11) is 5.94. The zero-order chi connectivity index (χ0) is 36.0. The van der Waals surface area contributed by atoms with Crippen LogP contribution in [0.1, 0.15) is 44.5 Å². The number of carbonyl (C=O) groups excluding carboxylic acids is 2. The molecule has 0 bridgehead atoms. The Kier molecular flexibility index (Phi) is 9.18. The molecular weight excluding hydrogens is 660 g/mol. The molecule has 1 aliphatic heterocycles. The van der Waals surface area contributed by atoms with E-state index in [2.05, 4.69) is 33.5 Å². The topological polar surface area (TPSA) is 86.8 Å². The first kappa shape index (κ1) is 34.1. The van der Waals surface area contributed by atoms with E-state index < -0.39 is 0 Å². The Morgan fingerprint density at radius 2 is 1.69 bits per heavy atom. The van der Waals surface area contributed by atoms with Gasteiger partial charge in [0.25, 0.3) is 11.8 Å². The number of pyridine rings is 1. The fourth-order valence-corrected chi connectivity index (χ4v) is 7.24. The highest BCUT2D eigenvalue weighted by molar-refractivity contribution is 6.31. The number of phenolic OH excluding ortho intramolecular Hbond substituents is 1. The van der Waals surface area contributed by atoms with Gasteiger partial charge >= 0.3 is 0 Å². The second-order valence-electron chi connectivity index (χ2n) is 13.6. The molecule has 1 atom stereocenters. The predicted molar refractivity (Wildman–Crippen MR) is 203 cm³/mol. The minimum Gasteiger partial charge on any atom is -0.508 e. The van der Waals surface area contributed by atoms with E-state index in [-0.39, 0.29) is 23.6 Å². The summed E-state index contributed by atoms with van der Waals surface area (Å²) in [4.78, 5) is 39.8. The standard InChI is InChI=1S/C41H41ClN6O3/c1-26-20-28-8-6-7-9-30(28)25-47(26)40(50)35-15-10-31(42)22-37(35)38-23-36(27(2)46(38)19-18-44(3)4)41(51)48(32-11-13-34(49)14-12-32)33-21-29-16-17-45(5)39(29)43-24-33/h6-17,21-24,26,49H,18-20,25H2,1-5H3/t26-/m1/s1. The Morgan fingerprint density at radius 3 is 2.43 bits per heavy atom. The van der Waals surface area contributed by atoms with Gasteiger partial charge in [0.05, 0.1) is 17.4 Å². The van der Waals surface area contributed by atoms with E-state index in [0.717, 1.165) is 34.4 Å². The zero-order valence-corrected chi connectivity index (χ0v) is 30.2. The SMILES string of the molecule is Cc1c(C(=O)N(c2ccc(O)cc2)c2cnc3c(ccn3C)c2)cc(-c2cc(Cl)ccc2C(=O)N2Cc3ccccc3C[C@H]2C)n1CCN(C)C. The minimum atomic E-state index is -0.267. The summed E-state index contributed by atoms with van der Waals surface area (Å²) in [6.07, 6.45) is 4.40. The van der Waals surface area contributed by atoms with Crippen LogP contribution in [0, 0.1) is 6.92 Å². The monoisotopic (exact) mass is 700 g/mol. The van der Waals surface area contributed by atoms with Crippen LogP contribution in [0.5, 0.6) is 5.75 Å². The maximum absolute atomic E-state index is 14.9. The first-order valence-corrected chi connectivity index (χ1v) is 17.4. The van der Waals surface area contributed by atoms with E-state index in [1.54, 1.807) is 47.5 Å². The highest BCUT2D eigenvalue weighted by Crippen LogP contribution is 2.37. The molecule has 1 N–H and O–H groups in total. The van der Waals surface area contributed by atoms with Crippen LogP contribution in [0.25, 0.3) is 22.3 Å². The van der Waals surface area contributed by atoms with Crippen molar-refractivity contribution in [1.29, 1.82) is 0 Å². The molecule has 4 heterocycles. The van der Waals surface area contributed by atoms with Gasteiger partial charge in [-0.3, -0.25) is 14.5 Å². The molecule has 0 radical (unpaired) electrons. The number of likely N-dealkylation sites (N-methyl/N-ethyl adjacent to an activating group) is 1. The van der Waals surface area contributed by atoms with Gasteiger partial charge < -0.3 is 24.0 Å². The van der Waals surface area contributed by atoms with Crippen molar-refractivity contribution >= 4 is 45.8 Å². The van der Waals surface area contributed by atoms with Crippen molar-refractivity contribution in [3.8, 4) is 17.0 Å². The van der Waals surface area contributed by atoms with Gasteiger partial charge in [-0.15, -0.1) is 0 Å². The highest BCUT2D eigenvalue weighted by Gasteiger charge is 2.31. The molecule has 0 saturated carbocycles. The van der Waals surface area contributed by atoms with Crippen molar-refractivity contribution in [2.75, 3.05) is 25.5 Å². The van der Waals surface area contributed by atoms with Crippen LogP contribution in [0.15, 0.2) is 97.3 Å². The molecule has 51 heavy (non-hydrogen) atoms.